The van der Waals surface area contributed by atoms with Crippen molar-refractivity contribution in [2.45, 2.75) is 32.2 Å². The smallest absolute Gasteiger partial charge is 0.178 e. The third-order valence-corrected chi connectivity index (χ3v) is 5.74. The number of nitrogens with one attached hydrogen (secondary N) is 1. The van der Waals surface area contributed by atoms with E-state index in [1.807, 2.05) is 0 Å². The number of anilines is 2. The van der Waals surface area contributed by atoms with E-state index in [2.05, 4.69) is 78.5 Å². The Hall–Kier alpha value is -1.91. The van der Waals surface area contributed by atoms with E-state index in [0.29, 0.717) is 12.0 Å². The van der Waals surface area contributed by atoms with Crippen molar-refractivity contribution in [1.29, 1.82) is 0 Å². The van der Waals surface area contributed by atoms with Gasteiger partial charge in [0.2, 0.25) is 0 Å². The fourth-order valence-electron chi connectivity index (χ4n) is 4.25. The monoisotopic (exact) mass is 351 g/mol. The summed E-state index contributed by atoms with van der Waals surface area (Å²) < 4.78 is 0. The molecule has 2 heterocycles. The Kier molecular flexibility index (Phi) is 4.26. The van der Waals surface area contributed by atoms with Crippen LogP contribution in [0.4, 0.5) is 11.4 Å². The largest absolute Gasteiger partial charge is 0.332 e. The molecule has 25 heavy (non-hydrogen) atoms. The van der Waals surface area contributed by atoms with Gasteiger partial charge in [-0.1, -0.05) is 29.8 Å². The van der Waals surface area contributed by atoms with E-state index in [0.717, 1.165) is 30.3 Å². The SMILES string of the molecule is Cc1cccc(NC(=S)N2c3ccc(C)cc3C3CN(C)CCC32)c1. The van der Waals surface area contributed by atoms with Crippen molar-refractivity contribution in [3.05, 3.63) is 59.2 Å². The first kappa shape index (κ1) is 16.6. The van der Waals surface area contributed by atoms with Gasteiger partial charge in [0.25, 0.3) is 0 Å². The molecule has 2 unspecified atom stereocenters. The van der Waals surface area contributed by atoms with Crippen molar-refractivity contribution in [3.8, 4) is 0 Å². The van der Waals surface area contributed by atoms with Crippen LogP contribution >= 0.6 is 12.2 Å². The van der Waals surface area contributed by atoms with Crippen molar-refractivity contribution in [1.82, 2.24) is 4.90 Å². The van der Waals surface area contributed by atoms with Crippen molar-refractivity contribution in [3.63, 3.8) is 0 Å². The number of piperidine rings is 1. The summed E-state index contributed by atoms with van der Waals surface area (Å²) in [6.45, 7) is 6.51. The van der Waals surface area contributed by atoms with E-state index in [1.54, 1.807) is 0 Å². The number of rotatable bonds is 1. The van der Waals surface area contributed by atoms with Crippen LogP contribution in [0.15, 0.2) is 42.5 Å². The van der Waals surface area contributed by atoms with Gasteiger partial charge < -0.3 is 15.1 Å². The minimum atomic E-state index is 0.456. The molecule has 0 bridgehead atoms. The van der Waals surface area contributed by atoms with Gasteiger partial charge in [0.05, 0.1) is 0 Å². The molecule has 1 saturated heterocycles. The topological polar surface area (TPSA) is 18.5 Å². The van der Waals surface area contributed by atoms with E-state index in [9.17, 15) is 0 Å². The van der Waals surface area contributed by atoms with Crippen molar-refractivity contribution >= 4 is 28.7 Å². The molecular weight excluding hydrogens is 326 g/mol. The summed E-state index contributed by atoms with van der Waals surface area (Å²) in [5.74, 6) is 0.533. The second-order valence-corrected chi connectivity index (χ2v) is 7.84. The van der Waals surface area contributed by atoms with E-state index >= 15 is 0 Å². The van der Waals surface area contributed by atoms with Gasteiger partial charge in [-0.15, -0.1) is 0 Å². The number of benzene rings is 2. The maximum atomic E-state index is 5.85. The van der Waals surface area contributed by atoms with E-state index < -0.39 is 0 Å². The molecule has 1 N–H and O–H groups in total. The lowest BCUT2D eigenvalue weighted by atomic mass is 9.89. The van der Waals surface area contributed by atoms with Crippen LogP contribution in [0.3, 0.4) is 0 Å². The standard InChI is InChI=1S/C21H25N3S/c1-14-5-4-6-16(11-14)22-21(25)24-19-8-7-15(2)12-17(19)18-13-23(3)10-9-20(18)24/h4-8,11-12,18,20H,9-10,13H2,1-3H3,(H,22,25). The molecule has 2 atom stereocenters. The fourth-order valence-corrected chi connectivity index (χ4v) is 4.60. The maximum absolute atomic E-state index is 5.85. The average Bonchev–Trinajstić information content (AvgIpc) is 2.88. The summed E-state index contributed by atoms with van der Waals surface area (Å²) in [6.07, 6.45) is 1.14. The van der Waals surface area contributed by atoms with Crippen LogP contribution in [0.2, 0.25) is 0 Å². The third-order valence-electron chi connectivity index (χ3n) is 5.44. The minimum Gasteiger partial charge on any atom is -0.332 e. The first-order chi connectivity index (χ1) is 12.0. The molecule has 4 rings (SSSR count). The molecule has 2 aliphatic heterocycles. The summed E-state index contributed by atoms with van der Waals surface area (Å²) in [5.41, 5.74) is 6.36. The first-order valence-corrected chi connectivity index (χ1v) is 9.40. The summed E-state index contributed by atoms with van der Waals surface area (Å²) in [6, 6.07) is 15.6. The Bertz CT molecular complexity index is 817. The molecule has 0 aromatic heterocycles. The lowest BCUT2D eigenvalue weighted by molar-refractivity contribution is 0.237. The number of nitrogens with zero attached hydrogens (tertiary/aromatic N) is 2. The predicted molar refractivity (Wildman–Crippen MR) is 110 cm³/mol. The van der Waals surface area contributed by atoms with Crippen LogP contribution in [-0.2, 0) is 0 Å². The maximum Gasteiger partial charge on any atom is 0.178 e. The van der Waals surface area contributed by atoms with Gasteiger partial charge in [-0.3, -0.25) is 0 Å². The minimum absolute atomic E-state index is 0.456. The highest BCUT2D eigenvalue weighted by Crippen LogP contribution is 2.45. The average molecular weight is 352 g/mol. The highest BCUT2D eigenvalue weighted by molar-refractivity contribution is 7.80. The first-order valence-electron chi connectivity index (χ1n) is 8.99. The summed E-state index contributed by atoms with van der Waals surface area (Å²) in [4.78, 5) is 4.80. The van der Waals surface area contributed by atoms with Crippen molar-refractivity contribution in [2.24, 2.45) is 0 Å². The number of aryl methyl sites for hydroxylation is 2. The van der Waals surface area contributed by atoms with Crippen LogP contribution in [0.25, 0.3) is 0 Å². The zero-order chi connectivity index (χ0) is 17.6. The highest BCUT2D eigenvalue weighted by atomic mass is 32.1. The summed E-state index contributed by atoms with van der Waals surface area (Å²) in [5, 5.41) is 4.28. The molecule has 3 nitrogen and oxygen atoms in total. The Morgan fingerprint density at radius 3 is 2.72 bits per heavy atom. The zero-order valence-corrected chi connectivity index (χ0v) is 15.9. The number of likely N-dealkylation sites (tertiary alicyclic amines) is 1. The third kappa shape index (κ3) is 3.05. The molecule has 0 radical (unpaired) electrons. The van der Waals surface area contributed by atoms with Gasteiger partial charge >= 0.3 is 0 Å². The normalized spacial score (nSPS) is 22.4. The number of hydrogen-bond donors (Lipinski definition) is 1. The van der Waals surface area contributed by atoms with E-state index in [1.165, 1.54) is 22.4 Å². The second kappa shape index (κ2) is 6.43. The summed E-state index contributed by atoms with van der Waals surface area (Å²) in [7, 11) is 2.22. The Balaban J connectivity index is 1.67. The molecule has 0 spiro atoms. The molecule has 4 heteroatoms. The van der Waals surface area contributed by atoms with Crippen molar-refractivity contribution < 1.29 is 0 Å². The molecule has 0 amide bonds. The van der Waals surface area contributed by atoms with Gasteiger partial charge in [-0.25, -0.2) is 0 Å². The van der Waals surface area contributed by atoms with Crippen LogP contribution in [0.1, 0.15) is 29.0 Å². The molecule has 0 saturated carbocycles. The van der Waals surface area contributed by atoms with Gasteiger partial charge in [0, 0.05) is 29.9 Å². The van der Waals surface area contributed by atoms with Gasteiger partial charge in [0.15, 0.2) is 5.11 Å². The number of hydrogen-bond acceptors (Lipinski definition) is 2. The number of likely N-dealkylation sites (N-methyl/N-ethyl adjacent to an activating group) is 1. The Morgan fingerprint density at radius 1 is 1.12 bits per heavy atom. The fraction of sp³-hybridized carbons (Fsp3) is 0.381. The van der Waals surface area contributed by atoms with Crippen LogP contribution in [0.5, 0.6) is 0 Å². The predicted octanol–water partition coefficient (Wildman–Crippen LogP) is 4.31. The molecule has 2 aromatic rings. The summed E-state index contributed by atoms with van der Waals surface area (Å²) >= 11 is 5.85. The molecule has 130 valence electrons. The Morgan fingerprint density at radius 2 is 1.92 bits per heavy atom. The van der Waals surface area contributed by atoms with Gasteiger partial charge in [0.1, 0.15) is 0 Å². The lowest BCUT2D eigenvalue weighted by Gasteiger charge is -2.37. The number of fused-ring (bicyclic) bond motifs is 3. The quantitative estimate of drug-likeness (QED) is 0.772. The van der Waals surface area contributed by atoms with Crippen LogP contribution < -0.4 is 10.2 Å². The van der Waals surface area contributed by atoms with E-state index in [-0.39, 0.29) is 0 Å². The Labute approximate surface area is 155 Å². The van der Waals surface area contributed by atoms with Gasteiger partial charge in [-0.05, 0) is 75.4 Å². The van der Waals surface area contributed by atoms with Crippen LogP contribution in [0, 0.1) is 13.8 Å². The lowest BCUT2D eigenvalue weighted by Crippen LogP contribution is -2.48. The molecule has 1 fully saturated rings. The van der Waals surface area contributed by atoms with Crippen molar-refractivity contribution in [2.75, 3.05) is 30.4 Å². The molecule has 0 aliphatic carbocycles. The number of thiocarbonyl (C=S) groups is 1. The molecular formula is C21H25N3S. The second-order valence-electron chi connectivity index (χ2n) is 7.46. The molecule has 2 aromatic carbocycles. The van der Waals surface area contributed by atoms with E-state index in [4.69, 9.17) is 12.2 Å². The zero-order valence-electron chi connectivity index (χ0n) is 15.1. The molecule has 2 aliphatic rings. The highest BCUT2D eigenvalue weighted by Gasteiger charge is 2.42. The van der Waals surface area contributed by atoms with Gasteiger partial charge in [-0.2, -0.15) is 0 Å². The van der Waals surface area contributed by atoms with Crippen LogP contribution in [-0.4, -0.2) is 36.2 Å².